The minimum Gasteiger partial charge on any atom is -0.462 e. The Morgan fingerprint density at radius 2 is 0.723 bits per heavy atom. The van der Waals surface area contributed by atoms with Gasteiger partial charge in [0, 0.05) is 19.3 Å². The van der Waals surface area contributed by atoms with E-state index >= 15 is 0 Å². The van der Waals surface area contributed by atoms with Gasteiger partial charge in [-0.25, -0.2) is 0 Å². The zero-order valence-electron chi connectivity index (χ0n) is 41.2. The van der Waals surface area contributed by atoms with Crippen LogP contribution in [-0.4, -0.2) is 37.2 Å². The van der Waals surface area contributed by atoms with E-state index in [4.69, 9.17) is 14.2 Å². The van der Waals surface area contributed by atoms with Crippen molar-refractivity contribution in [2.24, 2.45) is 0 Å². The van der Waals surface area contributed by atoms with Crippen molar-refractivity contribution in [1.82, 2.24) is 0 Å². The molecule has 0 bridgehead atoms. The summed E-state index contributed by atoms with van der Waals surface area (Å²) in [5.41, 5.74) is 0. The molecular formula is C59H90O6. The molecule has 0 aliphatic rings. The van der Waals surface area contributed by atoms with Crippen molar-refractivity contribution in [3.05, 3.63) is 146 Å². The number of carbonyl (C=O) groups excluding carboxylic acids is 3. The Labute approximate surface area is 397 Å². The summed E-state index contributed by atoms with van der Waals surface area (Å²) in [6, 6.07) is 0. The van der Waals surface area contributed by atoms with Crippen LogP contribution in [0.1, 0.15) is 188 Å². The molecule has 0 aliphatic heterocycles. The van der Waals surface area contributed by atoms with Crippen LogP contribution in [0.4, 0.5) is 0 Å². The summed E-state index contributed by atoms with van der Waals surface area (Å²) < 4.78 is 16.7. The van der Waals surface area contributed by atoms with Gasteiger partial charge in [-0.05, 0) is 96.3 Å². The second kappa shape index (κ2) is 51.9. The first-order chi connectivity index (χ1) is 32.0. The molecule has 0 N–H and O–H groups in total. The largest absolute Gasteiger partial charge is 0.462 e. The van der Waals surface area contributed by atoms with E-state index in [-0.39, 0.29) is 44.0 Å². The SMILES string of the molecule is CC/C=C\C/C=C\C/C=C\C/C=C\C/C=C\C/C=C\CCC(=O)OCC(COC(=O)CCCCCC/C=C\CCCC)OC(=O)CCCCCCC\C=C/C=C\C=C/C=C\C=C/CCC. The molecule has 0 aromatic heterocycles. The summed E-state index contributed by atoms with van der Waals surface area (Å²) in [6.45, 7) is 6.26. The molecule has 0 rings (SSSR count). The van der Waals surface area contributed by atoms with Crippen LogP contribution in [0.5, 0.6) is 0 Å². The summed E-state index contributed by atoms with van der Waals surface area (Å²) in [7, 11) is 0. The van der Waals surface area contributed by atoms with Crippen molar-refractivity contribution >= 4 is 17.9 Å². The van der Waals surface area contributed by atoms with Crippen molar-refractivity contribution in [2.75, 3.05) is 13.2 Å². The second-order valence-electron chi connectivity index (χ2n) is 16.1. The van der Waals surface area contributed by atoms with Crippen LogP contribution in [0.2, 0.25) is 0 Å². The van der Waals surface area contributed by atoms with Gasteiger partial charge in [-0.3, -0.25) is 14.4 Å². The lowest BCUT2D eigenvalue weighted by Gasteiger charge is -2.18. The fraction of sp³-hybridized carbons (Fsp3) is 0.542. The summed E-state index contributed by atoms with van der Waals surface area (Å²) >= 11 is 0. The van der Waals surface area contributed by atoms with Gasteiger partial charge < -0.3 is 14.2 Å². The Morgan fingerprint density at radius 1 is 0.338 bits per heavy atom. The lowest BCUT2D eigenvalue weighted by molar-refractivity contribution is -0.166. The van der Waals surface area contributed by atoms with Gasteiger partial charge in [0.1, 0.15) is 13.2 Å². The second-order valence-corrected chi connectivity index (χ2v) is 16.1. The lowest BCUT2D eigenvalue weighted by Crippen LogP contribution is -2.30. The molecule has 0 saturated carbocycles. The van der Waals surface area contributed by atoms with E-state index in [9.17, 15) is 14.4 Å². The highest BCUT2D eigenvalue weighted by Gasteiger charge is 2.19. The van der Waals surface area contributed by atoms with E-state index < -0.39 is 6.10 Å². The van der Waals surface area contributed by atoms with Gasteiger partial charge in [-0.2, -0.15) is 0 Å². The molecule has 1 atom stereocenters. The molecule has 0 heterocycles. The molecule has 0 saturated heterocycles. The van der Waals surface area contributed by atoms with Crippen molar-refractivity contribution < 1.29 is 28.6 Å². The highest BCUT2D eigenvalue weighted by atomic mass is 16.6. The van der Waals surface area contributed by atoms with Crippen LogP contribution in [0.3, 0.4) is 0 Å². The predicted octanol–water partition coefficient (Wildman–Crippen LogP) is 16.9. The summed E-state index contributed by atoms with van der Waals surface area (Å²) in [6.07, 6.45) is 74.1. The Morgan fingerprint density at radius 3 is 1.23 bits per heavy atom. The predicted molar refractivity (Wildman–Crippen MR) is 279 cm³/mol. The third-order valence-corrected chi connectivity index (χ3v) is 9.92. The molecule has 1 unspecified atom stereocenters. The molecule has 65 heavy (non-hydrogen) atoms. The standard InChI is InChI=1S/C59H90O6/c1-4-7-10-13-16-19-22-24-26-28-30-32-33-35-37-40-43-46-49-52-58(61)64-55-56(54-63-57(60)51-48-45-42-39-21-18-15-12-9-6-3)65-59(62)53-50-47-44-41-38-36-34-31-29-27-25-23-20-17-14-11-8-5-2/h7,10-11,14-20,23-27,29-32,34-35,37,43,46,56H,4-6,8-9,12-13,21-22,28,33,36,38-42,44-45,47-55H2,1-3H3/b10-7-,14-11-,18-15-,19-16-,20-17-,25-23-,26-24-,29-27-,32-30-,34-31-,37-35-,46-43-. The van der Waals surface area contributed by atoms with E-state index in [1.807, 2.05) is 48.6 Å². The van der Waals surface area contributed by atoms with Crippen LogP contribution >= 0.6 is 0 Å². The fourth-order valence-electron chi connectivity index (χ4n) is 6.12. The number of allylic oxidation sites excluding steroid dienone is 24. The Hall–Kier alpha value is -4.71. The molecule has 0 fully saturated rings. The van der Waals surface area contributed by atoms with Crippen LogP contribution in [0.25, 0.3) is 0 Å². The van der Waals surface area contributed by atoms with E-state index in [2.05, 4.69) is 118 Å². The van der Waals surface area contributed by atoms with Gasteiger partial charge in [0.2, 0.25) is 0 Å². The Balaban J connectivity index is 4.58. The van der Waals surface area contributed by atoms with Crippen molar-refractivity contribution in [1.29, 1.82) is 0 Å². The average Bonchev–Trinajstić information content (AvgIpc) is 3.30. The highest BCUT2D eigenvalue weighted by molar-refractivity contribution is 5.71. The first-order valence-electron chi connectivity index (χ1n) is 25.4. The quantitative estimate of drug-likeness (QED) is 0.0199. The molecule has 0 radical (unpaired) electrons. The molecule has 6 heteroatoms. The molecule has 0 aliphatic carbocycles. The lowest BCUT2D eigenvalue weighted by atomic mass is 10.1. The first-order valence-corrected chi connectivity index (χ1v) is 25.4. The van der Waals surface area contributed by atoms with Crippen LogP contribution in [-0.2, 0) is 28.6 Å². The van der Waals surface area contributed by atoms with E-state index in [0.29, 0.717) is 12.8 Å². The third-order valence-electron chi connectivity index (χ3n) is 9.92. The Kier molecular flexibility index (Phi) is 48.2. The number of rotatable bonds is 43. The van der Waals surface area contributed by atoms with E-state index in [1.54, 1.807) is 0 Å². The fourth-order valence-corrected chi connectivity index (χ4v) is 6.12. The van der Waals surface area contributed by atoms with Crippen LogP contribution in [0.15, 0.2) is 146 Å². The number of unbranched alkanes of at least 4 members (excludes halogenated alkanes) is 12. The molecule has 0 aromatic rings. The minimum atomic E-state index is -0.832. The summed E-state index contributed by atoms with van der Waals surface area (Å²) in [5, 5.41) is 0. The normalized spacial score (nSPS) is 13.3. The van der Waals surface area contributed by atoms with Gasteiger partial charge in [-0.15, -0.1) is 0 Å². The molecule has 0 spiro atoms. The molecule has 0 aromatic carbocycles. The van der Waals surface area contributed by atoms with Gasteiger partial charge in [0.15, 0.2) is 6.10 Å². The third kappa shape index (κ3) is 50.2. The summed E-state index contributed by atoms with van der Waals surface area (Å²) in [4.78, 5) is 37.9. The number of hydrogen-bond acceptors (Lipinski definition) is 6. The maximum Gasteiger partial charge on any atom is 0.306 e. The molecule has 0 amide bonds. The number of hydrogen-bond donors (Lipinski definition) is 0. The van der Waals surface area contributed by atoms with Crippen molar-refractivity contribution in [3.63, 3.8) is 0 Å². The topological polar surface area (TPSA) is 78.9 Å². The maximum absolute atomic E-state index is 12.8. The summed E-state index contributed by atoms with van der Waals surface area (Å²) in [5.74, 6) is -1.06. The van der Waals surface area contributed by atoms with Crippen molar-refractivity contribution in [2.45, 2.75) is 194 Å². The van der Waals surface area contributed by atoms with Gasteiger partial charge >= 0.3 is 17.9 Å². The zero-order valence-corrected chi connectivity index (χ0v) is 41.2. The van der Waals surface area contributed by atoms with E-state index in [0.717, 1.165) is 122 Å². The minimum absolute atomic E-state index is 0.125. The van der Waals surface area contributed by atoms with Gasteiger partial charge in [0.05, 0.1) is 0 Å². The van der Waals surface area contributed by atoms with Gasteiger partial charge in [0.25, 0.3) is 0 Å². The van der Waals surface area contributed by atoms with Crippen LogP contribution < -0.4 is 0 Å². The Bertz CT molecular complexity index is 1490. The number of ether oxygens (including phenoxy) is 3. The monoisotopic (exact) mass is 895 g/mol. The maximum atomic E-state index is 12.8. The smallest absolute Gasteiger partial charge is 0.306 e. The zero-order chi connectivity index (χ0) is 47.2. The number of esters is 3. The molecule has 362 valence electrons. The average molecular weight is 895 g/mol. The first kappa shape index (κ1) is 60.3. The van der Waals surface area contributed by atoms with Gasteiger partial charge in [-0.1, -0.05) is 218 Å². The highest BCUT2D eigenvalue weighted by Crippen LogP contribution is 2.12. The molecular weight excluding hydrogens is 805 g/mol. The number of carbonyl (C=O) groups is 3. The van der Waals surface area contributed by atoms with E-state index in [1.165, 1.54) is 19.3 Å². The molecule has 6 nitrogen and oxygen atoms in total. The van der Waals surface area contributed by atoms with Crippen molar-refractivity contribution in [3.8, 4) is 0 Å². The van der Waals surface area contributed by atoms with Crippen LogP contribution in [0, 0.1) is 0 Å².